The van der Waals surface area contributed by atoms with Crippen molar-refractivity contribution in [3.63, 3.8) is 0 Å². The summed E-state index contributed by atoms with van der Waals surface area (Å²) < 4.78 is 0. The van der Waals surface area contributed by atoms with Gasteiger partial charge in [-0.25, -0.2) is 5.06 Å². The topological polar surface area (TPSA) is 60.0 Å². The Bertz CT molecular complexity index is 770. The number of para-hydroxylation sites is 1. The molecule has 0 aliphatic heterocycles. The van der Waals surface area contributed by atoms with Crippen molar-refractivity contribution in [3.05, 3.63) is 66.2 Å². The minimum Gasteiger partial charge on any atom is -0.252 e. The Balaban J connectivity index is 2.62. The maximum atomic E-state index is 9.78. The molecule has 0 bridgehead atoms. The predicted octanol–water partition coefficient (Wildman–Crippen LogP) is 5.02. The van der Waals surface area contributed by atoms with Crippen LogP contribution in [0.1, 0.15) is 39.3 Å². The summed E-state index contributed by atoms with van der Waals surface area (Å²) in [6.07, 6.45) is 0. The maximum absolute atomic E-state index is 9.78. The second-order valence-corrected chi connectivity index (χ2v) is 7.02. The Hall–Kier alpha value is -2.82. The van der Waals surface area contributed by atoms with Gasteiger partial charge in [-0.05, 0) is 45.4 Å². The average molecular weight is 333 g/mol. The van der Waals surface area contributed by atoms with Crippen LogP contribution in [0.4, 0.5) is 5.69 Å². The van der Waals surface area contributed by atoms with E-state index < -0.39 is 11.0 Å². The molecule has 0 amide bonds. The predicted molar refractivity (Wildman–Crippen MR) is 98.3 cm³/mol. The minimum absolute atomic E-state index is 0.381. The average Bonchev–Trinajstić information content (AvgIpc) is 2.62. The van der Waals surface area contributed by atoms with Gasteiger partial charge in [-0.3, -0.25) is 4.84 Å². The summed E-state index contributed by atoms with van der Waals surface area (Å²) in [5.74, 6) is 0. The van der Waals surface area contributed by atoms with Gasteiger partial charge in [-0.1, -0.05) is 48.5 Å². The van der Waals surface area contributed by atoms with Crippen LogP contribution in [0.2, 0.25) is 0 Å². The van der Waals surface area contributed by atoms with E-state index in [0.29, 0.717) is 0 Å². The fourth-order valence-electron chi connectivity index (χ4n) is 2.64. The van der Waals surface area contributed by atoms with Crippen LogP contribution < -0.4 is 5.06 Å². The molecule has 0 aromatic heterocycles. The summed E-state index contributed by atoms with van der Waals surface area (Å²) in [6.45, 7) is 7.18. The summed E-state index contributed by atoms with van der Waals surface area (Å²) in [5.41, 5.74) is -0.0356. The first-order chi connectivity index (χ1) is 11.8. The third-order valence-electron chi connectivity index (χ3n) is 3.93. The molecule has 0 radical (unpaired) electrons. The zero-order chi connectivity index (χ0) is 18.5. The molecule has 0 spiro atoms. The molecule has 4 heteroatoms. The van der Waals surface area contributed by atoms with Gasteiger partial charge in [0.2, 0.25) is 0 Å². The van der Waals surface area contributed by atoms with E-state index in [1.54, 1.807) is 18.9 Å². The SMILES string of the molecule is CC(C)(C#N)ON(c1ccccc1)C(c1ccccc1)C(C)(C)C#N. The summed E-state index contributed by atoms with van der Waals surface area (Å²) in [7, 11) is 0. The van der Waals surface area contributed by atoms with Crippen LogP contribution in [0.5, 0.6) is 0 Å². The van der Waals surface area contributed by atoms with Crippen LogP contribution >= 0.6 is 0 Å². The lowest BCUT2D eigenvalue weighted by Gasteiger charge is -2.41. The van der Waals surface area contributed by atoms with Gasteiger partial charge in [0.1, 0.15) is 0 Å². The molecular formula is C21H23N3O. The van der Waals surface area contributed by atoms with E-state index >= 15 is 0 Å². The normalized spacial score (nSPS) is 12.7. The molecular weight excluding hydrogens is 310 g/mol. The van der Waals surface area contributed by atoms with Crippen molar-refractivity contribution in [2.75, 3.05) is 5.06 Å². The van der Waals surface area contributed by atoms with Crippen molar-refractivity contribution in [1.82, 2.24) is 0 Å². The Kier molecular flexibility index (Phi) is 5.47. The Morgan fingerprint density at radius 1 is 0.840 bits per heavy atom. The van der Waals surface area contributed by atoms with E-state index in [1.165, 1.54) is 0 Å². The molecule has 0 heterocycles. The molecule has 2 aromatic carbocycles. The maximum Gasteiger partial charge on any atom is 0.176 e. The van der Waals surface area contributed by atoms with Gasteiger partial charge >= 0.3 is 0 Å². The number of rotatable bonds is 6. The fourth-order valence-corrected chi connectivity index (χ4v) is 2.64. The molecule has 0 saturated carbocycles. The van der Waals surface area contributed by atoms with Crippen LogP contribution in [0.25, 0.3) is 0 Å². The van der Waals surface area contributed by atoms with Crippen LogP contribution in [0.3, 0.4) is 0 Å². The number of anilines is 1. The third kappa shape index (κ3) is 4.38. The number of hydroxylamine groups is 1. The van der Waals surface area contributed by atoms with Gasteiger partial charge in [-0.2, -0.15) is 10.5 Å². The Labute approximate surface area is 149 Å². The number of nitrogens with zero attached hydrogens (tertiary/aromatic N) is 3. The molecule has 0 saturated heterocycles. The highest BCUT2D eigenvalue weighted by Gasteiger charge is 2.39. The number of nitriles is 2. The first-order valence-corrected chi connectivity index (χ1v) is 8.21. The van der Waals surface area contributed by atoms with Crippen molar-refractivity contribution in [1.29, 1.82) is 10.5 Å². The van der Waals surface area contributed by atoms with Crippen molar-refractivity contribution in [3.8, 4) is 12.1 Å². The lowest BCUT2D eigenvalue weighted by molar-refractivity contribution is -0.0219. The number of hydrogen-bond acceptors (Lipinski definition) is 4. The lowest BCUT2D eigenvalue weighted by atomic mass is 9.81. The first kappa shape index (κ1) is 18.5. The molecule has 25 heavy (non-hydrogen) atoms. The van der Waals surface area contributed by atoms with E-state index in [0.717, 1.165) is 11.3 Å². The second kappa shape index (κ2) is 7.38. The zero-order valence-electron chi connectivity index (χ0n) is 15.1. The lowest BCUT2D eigenvalue weighted by Crippen LogP contribution is -2.43. The van der Waals surface area contributed by atoms with Gasteiger partial charge in [0.25, 0.3) is 0 Å². The van der Waals surface area contributed by atoms with Gasteiger partial charge < -0.3 is 0 Å². The van der Waals surface area contributed by atoms with Gasteiger partial charge in [-0.15, -0.1) is 0 Å². The standard InChI is InChI=1S/C21H23N3O/c1-20(2,15-22)19(17-11-7-5-8-12-17)24(25-21(3,4)16-23)18-13-9-6-10-14-18/h5-14,19H,1-4H3. The summed E-state index contributed by atoms with van der Waals surface area (Å²) in [4.78, 5) is 6.10. The van der Waals surface area contributed by atoms with Gasteiger partial charge in [0, 0.05) is 0 Å². The molecule has 2 aromatic rings. The van der Waals surface area contributed by atoms with Gasteiger partial charge in [0.05, 0.1) is 29.3 Å². The number of hydrogen-bond donors (Lipinski definition) is 0. The van der Waals surface area contributed by atoms with E-state index in [4.69, 9.17) is 4.84 Å². The van der Waals surface area contributed by atoms with Crippen molar-refractivity contribution in [2.45, 2.75) is 39.3 Å². The van der Waals surface area contributed by atoms with E-state index in [1.807, 2.05) is 74.5 Å². The molecule has 2 rings (SSSR count). The Morgan fingerprint density at radius 2 is 1.36 bits per heavy atom. The zero-order valence-corrected chi connectivity index (χ0v) is 15.1. The van der Waals surface area contributed by atoms with Crippen LogP contribution in [0, 0.1) is 28.1 Å². The Morgan fingerprint density at radius 3 is 1.84 bits per heavy atom. The smallest absolute Gasteiger partial charge is 0.176 e. The first-order valence-electron chi connectivity index (χ1n) is 8.21. The number of benzene rings is 2. The van der Waals surface area contributed by atoms with Gasteiger partial charge in [0.15, 0.2) is 5.60 Å². The summed E-state index contributed by atoms with van der Waals surface area (Å²) >= 11 is 0. The van der Waals surface area contributed by atoms with Crippen LogP contribution in [-0.4, -0.2) is 5.60 Å². The van der Waals surface area contributed by atoms with Crippen molar-refractivity contribution in [2.24, 2.45) is 5.41 Å². The molecule has 1 unspecified atom stereocenters. The van der Waals surface area contributed by atoms with E-state index in [9.17, 15) is 10.5 Å². The molecule has 0 aliphatic carbocycles. The van der Waals surface area contributed by atoms with Crippen molar-refractivity contribution < 1.29 is 4.84 Å². The molecule has 4 nitrogen and oxygen atoms in total. The third-order valence-corrected chi connectivity index (χ3v) is 3.93. The minimum atomic E-state index is -1.03. The van der Waals surface area contributed by atoms with E-state index in [-0.39, 0.29) is 6.04 Å². The summed E-state index contributed by atoms with van der Waals surface area (Å²) in [6, 6.07) is 23.5. The molecule has 1 atom stereocenters. The van der Waals surface area contributed by atoms with E-state index in [2.05, 4.69) is 12.1 Å². The van der Waals surface area contributed by atoms with Crippen molar-refractivity contribution >= 4 is 5.69 Å². The quantitative estimate of drug-likeness (QED) is 0.697. The molecule has 0 N–H and O–H groups in total. The monoisotopic (exact) mass is 333 g/mol. The largest absolute Gasteiger partial charge is 0.252 e. The summed E-state index contributed by atoms with van der Waals surface area (Å²) in [5, 5.41) is 20.9. The van der Waals surface area contributed by atoms with Crippen LogP contribution in [0.15, 0.2) is 60.7 Å². The second-order valence-electron chi connectivity index (χ2n) is 7.02. The molecule has 0 fully saturated rings. The highest BCUT2D eigenvalue weighted by molar-refractivity contribution is 5.48. The van der Waals surface area contributed by atoms with Crippen LogP contribution in [-0.2, 0) is 4.84 Å². The highest BCUT2D eigenvalue weighted by Crippen LogP contribution is 2.41. The fraction of sp³-hybridized carbons (Fsp3) is 0.333. The molecule has 128 valence electrons. The highest BCUT2D eigenvalue weighted by atomic mass is 16.7. The molecule has 0 aliphatic rings.